The summed E-state index contributed by atoms with van der Waals surface area (Å²) in [5.74, 6) is 1.31. The van der Waals surface area contributed by atoms with E-state index in [9.17, 15) is 8.42 Å². The van der Waals surface area contributed by atoms with E-state index in [0.717, 1.165) is 16.7 Å². The summed E-state index contributed by atoms with van der Waals surface area (Å²) in [6.45, 7) is 2.37. The van der Waals surface area contributed by atoms with E-state index >= 15 is 0 Å². The number of fused-ring (bicyclic) bond motifs is 1. The number of benzene rings is 2. The van der Waals surface area contributed by atoms with Crippen LogP contribution < -0.4 is 14.2 Å². The number of hydrogen-bond acceptors (Lipinski definition) is 4. The minimum atomic E-state index is -3.39. The quantitative estimate of drug-likeness (QED) is 0.919. The number of hydrogen-bond donors (Lipinski definition) is 1. The van der Waals surface area contributed by atoms with Crippen LogP contribution in [0.25, 0.3) is 0 Å². The molecule has 0 saturated carbocycles. The first-order valence-corrected chi connectivity index (χ1v) is 8.58. The molecule has 0 amide bonds. The molecular weight excluding hydrogens is 302 g/mol. The zero-order valence-corrected chi connectivity index (χ0v) is 13.0. The maximum Gasteiger partial charge on any atom is 0.231 e. The largest absolute Gasteiger partial charge is 0.454 e. The van der Waals surface area contributed by atoms with E-state index in [0.29, 0.717) is 11.5 Å². The Morgan fingerprint density at radius 2 is 1.86 bits per heavy atom. The normalized spacial score (nSPS) is 13.3. The lowest BCUT2D eigenvalue weighted by atomic mass is 10.2. The van der Waals surface area contributed by atoms with E-state index in [4.69, 9.17) is 9.47 Å². The first-order valence-electron chi connectivity index (χ1n) is 6.93. The minimum absolute atomic E-state index is 0.0285. The molecular formula is C16H17NO4S. The smallest absolute Gasteiger partial charge is 0.231 e. The molecule has 0 bridgehead atoms. The average Bonchev–Trinajstić information content (AvgIpc) is 2.92. The van der Waals surface area contributed by atoms with Crippen molar-refractivity contribution in [1.29, 1.82) is 0 Å². The highest BCUT2D eigenvalue weighted by Crippen LogP contribution is 2.32. The third kappa shape index (κ3) is 3.58. The Morgan fingerprint density at radius 3 is 2.68 bits per heavy atom. The molecule has 22 heavy (non-hydrogen) atoms. The third-order valence-corrected chi connectivity index (χ3v) is 4.67. The third-order valence-electron chi connectivity index (χ3n) is 3.37. The molecule has 2 aromatic carbocycles. The molecule has 0 atom stereocenters. The van der Waals surface area contributed by atoms with Crippen LogP contribution in [0.15, 0.2) is 42.5 Å². The van der Waals surface area contributed by atoms with Crippen molar-refractivity contribution in [3.05, 3.63) is 59.2 Å². The first-order chi connectivity index (χ1) is 10.5. The Balaban J connectivity index is 1.65. The van der Waals surface area contributed by atoms with Crippen molar-refractivity contribution in [2.24, 2.45) is 0 Å². The zero-order valence-electron chi connectivity index (χ0n) is 12.2. The summed E-state index contributed by atoms with van der Waals surface area (Å²) >= 11 is 0. The van der Waals surface area contributed by atoms with E-state index < -0.39 is 10.0 Å². The van der Waals surface area contributed by atoms with Crippen molar-refractivity contribution >= 4 is 10.0 Å². The van der Waals surface area contributed by atoms with Gasteiger partial charge in [0.2, 0.25) is 16.8 Å². The van der Waals surface area contributed by atoms with Gasteiger partial charge in [0.1, 0.15) is 0 Å². The summed E-state index contributed by atoms with van der Waals surface area (Å²) in [5.41, 5.74) is 2.65. The molecule has 6 heteroatoms. The molecule has 1 aliphatic heterocycles. The molecule has 1 aliphatic rings. The highest BCUT2D eigenvalue weighted by molar-refractivity contribution is 7.88. The van der Waals surface area contributed by atoms with Gasteiger partial charge in [0.05, 0.1) is 5.75 Å². The molecule has 5 nitrogen and oxygen atoms in total. The lowest BCUT2D eigenvalue weighted by Crippen LogP contribution is -2.24. The minimum Gasteiger partial charge on any atom is -0.454 e. The predicted molar refractivity (Wildman–Crippen MR) is 83.2 cm³/mol. The van der Waals surface area contributed by atoms with Crippen LogP contribution in [0.2, 0.25) is 0 Å². The SMILES string of the molecule is Cc1cccc(CS(=O)(=O)NCc2ccc3c(c2)OCO3)c1. The van der Waals surface area contributed by atoms with Gasteiger partial charge < -0.3 is 9.47 Å². The van der Waals surface area contributed by atoms with E-state index in [2.05, 4.69) is 4.72 Å². The highest BCUT2D eigenvalue weighted by atomic mass is 32.2. The van der Waals surface area contributed by atoms with Crippen LogP contribution in [0, 0.1) is 6.92 Å². The number of aryl methyl sites for hydroxylation is 1. The van der Waals surface area contributed by atoms with Gasteiger partial charge in [-0.2, -0.15) is 0 Å². The van der Waals surface area contributed by atoms with Crippen molar-refractivity contribution in [2.45, 2.75) is 19.2 Å². The summed E-state index contributed by atoms with van der Waals surface area (Å²) in [6, 6.07) is 12.9. The second kappa shape index (κ2) is 5.98. The number of sulfonamides is 1. The van der Waals surface area contributed by atoms with Crippen molar-refractivity contribution in [1.82, 2.24) is 4.72 Å². The summed E-state index contributed by atoms with van der Waals surface area (Å²) in [7, 11) is -3.39. The van der Waals surface area contributed by atoms with Crippen molar-refractivity contribution in [2.75, 3.05) is 6.79 Å². The lowest BCUT2D eigenvalue weighted by molar-refractivity contribution is 0.174. The molecule has 0 unspecified atom stereocenters. The number of ether oxygens (including phenoxy) is 2. The standard InChI is InChI=1S/C16H17NO4S/c1-12-3-2-4-14(7-12)10-22(18,19)17-9-13-5-6-15-16(8-13)21-11-20-15/h2-8,17H,9-11H2,1H3. The van der Waals surface area contributed by atoms with E-state index in [1.165, 1.54) is 0 Å². The molecule has 0 radical (unpaired) electrons. The number of rotatable bonds is 5. The van der Waals surface area contributed by atoms with Crippen molar-refractivity contribution in [3.8, 4) is 11.5 Å². The van der Waals surface area contributed by atoms with E-state index in [1.807, 2.05) is 37.3 Å². The zero-order chi connectivity index (χ0) is 15.6. The van der Waals surface area contributed by atoms with Crippen LogP contribution in [-0.2, 0) is 22.3 Å². The Bertz CT molecular complexity index is 786. The summed E-state index contributed by atoms with van der Waals surface area (Å²) in [4.78, 5) is 0. The van der Waals surface area contributed by atoms with Crippen LogP contribution in [0.1, 0.15) is 16.7 Å². The molecule has 1 heterocycles. The van der Waals surface area contributed by atoms with E-state index in [1.54, 1.807) is 12.1 Å². The van der Waals surface area contributed by atoms with Crippen LogP contribution in [0.5, 0.6) is 11.5 Å². The molecule has 2 aromatic rings. The van der Waals surface area contributed by atoms with Crippen LogP contribution in [0.4, 0.5) is 0 Å². The maximum atomic E-state index is 12.2. The maximum absolute atomic E-state index is 12.2. The van der Waals surface area contributed by atoms with Crippen LogP contribution in [-0.4, -0.2) is 15.2 Å². The van der Waals surface area contributed by atoms with Crippen molar-refractivity contribution in [3.63, 3.8) is 0 Å². The average molecular weight is 319 g/mol. The Labute approximate surface area is 129 Å². The number of nitrogens with one attached hydrogen (secondary N) is 1. The van der Waals surface area contributed by atoms with Gasteiger partial charge in [0.15, 0.2) is 11.5 Å². The second-order valence-electron chi connectivity index (χ2n) is 5.26. The molecule has 0 spiro atoms. The Hall–Kier alpha value is -2.05. The molecule has 116 valence electrons. The molecule has 0 aromatic heterocycles. The van der Waals surface area contributed by atoms with Gasteiger partial charge in [-0.3, -0.25) is 0 Å². The topological polar surface area (TPSA) is 64.6 Å². The molecule has 0 saturated heterocycles. The predicted octanol–water partition coefficient (Wildman–Crippen LogP) is 2.34. The Kier molecular flexibility index (Phi) is 4.04. The van der Waals surface area contributed by atoms with Gasteiger partial charge in [-0.25, -0.2) is 13.1 Å². The first kappa shape index (κ1) is 14.9. The summed E-state index contributed by atoms with van der Waals surface area (Å²) < 4.78 is 37.4. The van der Waals surface area contributed by atoms with Crippen LogP contribution >= 0.6 is 0 Å². The molecule has 0 fully saturated rings. The fourth-order valence-electron chi connectivity index (χ4n) is 2.32. The molecule has 0 aliphatic carbocycles. The second-order valence-corrected chi connectivity index (χ2v) is 7.06. The Morgan fingerprint density at radius 1 is 1.05 bits per heavy atom. The van der Waals surface area contributed by atoms with Gasteiger partial charge in [-0.1, -0.05) is 35.9 Å². The van der Waals surface area contributed by atoms with Crippen LogP contribution in [0.3, 0.4) is 0 Å². The van der Waals surface area contributed by atoms with Crippen molar-refractivity contribution < 1.29 is 17.9 Å². The van der Waals surface area contributed by atoms with Gasteiger partial charge in [0.25, 0.3) is 0 Å². The fourth-order valence-corrected chi connectivity index (χ4v) is 3.42. The fraction of sp³-hybridized carbons (Fsp3) is 0.250. The molecule has 3 rings (SSSR count). The summed E-state index contributed by atoms with van der Waals surface area (Å²) in [6.07, 6.45) is 0. The van der Waals surface area contributed by atoms with Gasteiger partial charge in [-0.15, -0.1) is 0 Å². The lowest BCUT2D eigenvalue weighted by Gasteiger charge is -2.08. The van der Waals surface area contributed by atoms with Gasteiger partial charge in [-0.05, 0) is 30.2 Å². The monoisotopic (exact) mass is 319 g/mol. The van der Waals surface area contributed by atoms with Gasteiger partial charge >= 0.3 is 0 Å². The van der Waals surface area contributed by atoms with E-state index in [-0.39, 0.29) is 19.1 Å². The molecule has 1 N–H and O–H groups in total. The summed E-state index contributed by atoms with van der Waals surface area (Å²) in [5, 5.41) is 0. The van der Waals surface area contributed by atoms with Gasteiger partial charge in [0, 0.05) is 6.54 Å². The highest BCUT2D eigenvalue weighted by Gasteiger charge is 2.15.